The van der Waals surface area contributed by atoms with E-state index in [2.05, 4.69) is 15.5 Å². The number of nitrogens with one attached hydrogen (secondary N) is 1. The van der Waals surface area contributed by atoms with Crippen LogP contribution in [0.5, 0.6) is 17.2 Å². The van der Waals surface area contributed by atoms with Crippen molar-refractivity contribution < 1.29 is 14.2 Å². The summed E-state index contributed by atoms with van der Waals surface area (Å²) in [5, 5.41) is 12.4. The number of aromatic nitrogens is 2. The van der Waals surface area contributed by atoms with Crippen LogP contribution in [-0.2, 0) is 0 Å². The Kier molecular flexibility index (Phi) is 4.14. The molecule has 1 heterocycles. The average molecular weight is 311 g/mol. The number of hydrogen-bond acceptors (Lipinski definition) is 6. The van der Waals surface area contributed by atoms with E-state index in [1.807, 2.05) is 30.3 Å². The van der Waals surface area contributed by atoms with Crippen molar-refractivity contribution in [3.8, 4) is 17.2 Å². The van der Waals surface area contributed by atoms with Crippen LogP contribution >= 0.6 is 0 Å². The van der Waals surface area contributed by atoms with Crippen molar-refractivity contribution in [2.75, 3.05) is 26.6 Å². The molecular formula is C17H17N3O3. The fourth-order valence-corrected chi connectivity index (χ4v) is 2.31. The lowest BCUT2D eigenvalue weighted by molar-refractivity contribution is 0.356. The van der Waals surface area contributed by atoms with E-state index in [9.17, 15) is 0 Å². The molecule has 0 fully saturated rings. The maximum Gasteiger partial charge on any atom is 0.162 e. The van der Waals surface area contributed by atoms with E-state index in [0.717, 1.165) is 28.0 Å². The van der Waals surface area contributed by atoms with Crippen LogP contribution in [0.3, 0.4) is 0 Å². The fourth-order valence-electron chi connectivity index (χ4n) is 2.31. The Morgan fingerprint density at radius 2 is 1.57 bits per heavy atom. The molecule has 3 rings (SSSR count). The normalized spacial score (nSPS) is 10.4. The zero-order chi connectivity index (χ0) is 16.2. The summed E-state index contributed by atoms with van der Waals surface area (Å²) >= 11 is 0. The lowest BCUT2D eigenvalue weighted by Crippen LogP contribution is -1.97. The smallest absolute Gasteiger partial charge is 0.162 e. The lowest BCUT2D eigenvalue weighted by atomic mass is 10.1. The van der Waals surface area contributed by atoms with Gasteiger partial charge in [0.15, 0.2) is 11.5 Å². The highest BCUT2D eigenvalue weighted by atomic mass is 16.5. The van der Waals surface area contributed by atoms with E-state index in [1.165, 1.54) is 0 Å². The second-order valence-corrected chi connectivity index (χ2v) is 4.84. The third-order valence-corrected chi connectivity index (χ3v) is 3.51. The molecular weight excluding hydrogens is 294 g/mol. The molecule has 0 unspecified atom stereocenters. The van der Waals surface area contributed by atoms with E-state index in [4.69, 9.17) is 14.2 Å². The maximum absolute atomic E-state index is 5.36. The molecule has 1 N–H and O–H groups in total. The zero-order valence-corrected chi connectivity index (χ0v) is 13.2. The number of nitrogens with zero attached hydrogens (tertiary/aromatic N) is 2. The minimum absolute atomic E-state index is 0.621. The van der Waals surface area contributed by atoms with Crippen molar-refractivity contribution in [2.24, 2.45) is 0 Å². The number of fused-ring (bicyclic) bond motifs is 1. The molecule has 0 saturated heterocycles. The molecule has 0 aliphatic rings. The van der Waals surface area contributed by atoms with Gasteiger partial charge >= 0.3 is 0 Å². The fraction of sp³-hybridized carbons (Fsp3) is 0.176. The highest BCUT2D eigenvalue weighted by Gasteiger charge is 2.10. The number of hydrogen-bond donors (Lipinski definition) is 1. The van der Waals surface area contributed by atoms with Crippen LogP contribution in [0.15, 0.2) is 42.6 Å². The van der Waals surface area contributed by atoms with Crippen LogP contribution < -0.4 is 19.5 Å². The number of methoxy groups -OCH3 is 3. The van der Waals surface area contributed by atoms with Crippen LogP contribution in [0, 0.1) is 0 Å². The largest absolute Gasteiger partial charge is 0.497 e. The summed E-state index contributed by atoms with van der Waals surface area (Å²) in [6.45, 7) is 0. The number of anilines is 2. The van der Waals surface area contributed by atoms with Crippen molar-refractivity contribution in [3.63, 3.8) is 0 Å². The number of rotatable bonds is 5. The summed E-state index contributed by atoms with van der Waals surface area (Å²) in [6, 6.07) is 11.3. The highest BCUT2D eigenvalue weighted by molar-refractivity contribution is 5.94. The van der Waals surface area contributed by atoms with Crippen molar-refractivity contribution in [1.82, 2.24) is 10.2 Å². The average Bonchev–Trinajstić information content (AvgIpc) is 2.61. The predicted octanol–water partition coefficient (Wildman–Crippen LogP) is 3.40. The Bertz CT molecular complexity index is 819. The summed E-state index contributed by atoms with van der Waals surface area (Å²) in [5.74, 6) is 2.07. The standard InChI is InChI=1S/C17H17N3O3/c1-21-12-6-4-11(5-7-12)19-15-10-18-20-14-9-17(23-3)16(22-2)8-13(14)15/h4-10H,1-3H3,(H,19,20). The first-order valence-electron chi connectivity index (χ1n) is 7.03. The Morgan fingerprint density at radius 1 is 0.870 bits per heavy atom. The summed E-state index contributed by atoms with van der Waals surface area (Å²) in [4.78, 5) is 0. The molecule has 23 heavy (non-hydrogen) atoms. The van der Waals surface area contributed by atoms with Gasteiger partial charge in [-0.15, -0.1) is 0 Å². The Balaban J connectivity index is 2.02. The molecule has 0 saturated carbocycles. The van der Waals surface area contributed by atoms with Gasteiger partial charge in [-0.3, -0.25) is 0 Å². The third kappa shape index (κ3) is 2.96. The topological polar surface area (TPSA) is 65.5 Å². The molecule has 2 aromatic carbocycles. The molecule has 0 radical (unpaired) electrons. The second-order valence-electron chi connectivity index (χ2n) is 4.84. The van der Waals surface area contributed by atoms with Gasteiger partial charge < -0.3 is 19.5 Å². The summed E-state index contributed by atoms with van der Waals surface area (Å²) < 4.78 is 15.8. The Morgan fingerprint density at radius 3 is 2.22 bits per heavy atom. The van der Waals surface area contributed by atoms with E-state index < -0.39 is 0 Å². The number of ether oxygens (including phenoxy) is 3. The van der Waals surface area contributed by atoms with E-state index in [-0.39, 0.29) is 0 Å². The second kappa shape index (κ2) is 6.39. The van der Waals surface area contributed by atoms with E-state index in [0.29, 0.717) is 11.5 Å². The highest BCUT2D eigenvalue weighted by Crippen LogP contribution is 2.34. The van der Waals surface area contributed by atoms with Gasteiger partial charge in [0.2, 0.25) is 0 Å². The Hall–Kier alpha value is -3.02. The van der Waals surface area contributed by atoms with Crippen LogP contribution in [0.4, 0.5) is 11.4 Å². The predicted molar refractivity (Wildman–Crippen MR) is 88.9 cm³/mol. The van der Waals surface area contributed by atoms with Gasteiger partial charge in [-0.1, -0.05) is 0 Å². The van der Waals surface area contributed by atoms with Crippen LogP contribution in [0.2, 0.25) is 0 Å². The monoisotopic (exact) mass is 311 g/mol. The molecule has 118 valence electrons. The molecule has 3 aromatic rings. The Labute approximate surface area is 134 Å². The van der Waals surface area contributed by atoms with Crippen LogP contribution in [0.25, 0.3) is 10.9 Å². The molecule has 0 atom stereocenters. The van der Waals surface area contributed by atoms with Gasteiger partial charge in [-0.05, 0) is 30.3 Å². The first-order chi connectivity index (χ1) is 11.2. The molecule has 6 heteroatoms. The molecule has 0 amide bonds. The SMILES string of the molecule is COc1ccc(Nc2cnnc3cc(OC)c(OC)cc23)cc1. The van der Waals surface area contributed by atoms with Gasteiger partial charge in [-0.25, -0.2) is 0 Å². The third-order valence-electron chi connectivity index (χ3n) is 3.51. The minimum Gasteiger partial charge on any atom is -0.497 e. The van der Waals surface area contributed by atoms with Crippen molar-refractivity contribution >= 4 is 22.3 Å². The molecule has 1 aromatic heterocycles. The summed E-state index contributed by atoms with van der Waals surface area (Å²) in [6.07, 6.45) is 1.68. The van der Waals surface area contributed by atoms with Crippen molar-refractivity contribution in [1.29, 1.82) is 0 Å². The first-order valence-corrected chi connectivity index (χ1v) is 7.03. The van der Waals surface area contributed by atoms with Gasteiger partial charge in [0.05, 0.1) is 38.7 Å². The van der Waals surface area contributed by atoms with Crippen LogP contribution in [-0.4, -0.2) is 31.5 Å². The van der Waals surface area contributed by atoms with Crippen molar-refractivity contribution in [2.45, 2.75) is 0 Å². The van der Waals surface area contributed by atoms with Gasteiger partial charge in [0, 0.05) is 17.1 Å². The quantitative estimate of drug-likeness (QED) is 0.779. The summed E-state index contributed by atoms with van der Waals surface area (Å²) in [7, 11) is 4.84. The number of benzene rings is 2. The van der Waals surface area contributed by atoms with Crippen molar-refractivity contribution in [3.05, 3.63) is 42.6 Å². The first kappa shape index (κ1) is 14.9. The van der Waals surface area contributed by atoms with E-state index in [1.54, 1.807) is 33.6 Å². The van der Waals surface area contributed by atoms with Gasteiger partial charge in [0.25, 0.3) is 0 Å². The molecule has 0 bridgehead atoms. The van der Waals surface area contributed by atoms with Gasteiger partial charge in [0.1, 0.15) is 5.75 Å². The van der Waals surface area contributed by atoms with Crippen LogP contribution in [0.1, 0.15) is 0 Å². The van der Waals surface area contributed by atoms with Gasteiger partial charge in [-0.2, -0.15) is 10.2 Å². The zero-order valence-electron chi connectivity index (χ0n) is 13.2. The molecule has 0 aliphatic heterocycles. The minimum atomic E-state index is 0.621. The molecule has 6 nitrogen and oxygen atoms in total. The summed E-state index contributed by atoms with van der Waals surface area (Å²) in [5.41, 5.74) is 2.48. The maximum atomic E-state index is 5.36. The molecule has 0 aliphatic carbocycles. The lowest BCUT2D eigenvalue weighted by Gasteiger charge is -2.12. The van der Waals surface area contributed by atoms with E-state index >= 15 is 0 Å². The molecule has 0 spiro atoms.